The molecule has 2 rings (SSSR count). The molecule has 0 saturated heterocycles. The number of nitrogens with two attached hydrogens (primary N) is 1. The summed E-state index contributed by atoms with van der Waals surface area (Å²) in [5, 5.41) is 12.5. The highest BCUT2D eigenvalue weighted by atomic mass is 16.3. The van der Waals surface area contributed by atoms with E-state index in [-0.39, 0.29) is 12.5 Å². The highest BCUT2D eigenvalue weighted by molar-refractivity contribution is 5.97. The van der Waals surface area contributed by atoms with E-state index in [4.69, 9.17) is 5.73 Å². The number of amides is 2. The van der Waals surface area contributed by atoms with Crippen molar-refractivity contribution in [3.8, 4) is 0 Å². The van der Waals surface area contributed by atoms with Gasteiger partial charge in [0.15, 0.2) is 0 Å². The van der Waals surface area contributed by atoms with Gasteiger partial charge in [-0.2, -0.15) is 0 Å². The van der Waals surface area contributed by atoms with Gasteiger partial charge in [0.05, 0.1) is 12.1 Å². The van der Waals surface area contributed by atoms with Crippen LogP contribution in [0.1, 0.15) is 52.8 Å². The van der Waals surface area contributed by atoms with Crippen molar-refractivity contribution in [1.29, 1.82) is 0 Å². The van der Waals surface area contributed by atoms with E-state index in [1.54, 1.807) is 12.1 Å². The molecule has 0 radical (unpaired) electrons. The molecule has 1 saturated carbocycles. The number of rotatable bonds is 4. The van der Waals surface area contributed by atoms with Crippen LogP contribution < -0.4 is 11.1 Å². The number of hydrogen-bond acceptors (Lipinski definition) is 3. The second-order valence-electron chi connectivity index (χ2n) is 5.39. The molecule has 0 unspecified atom stereocenters. The van der Waals surface area contributed by atoms with E-state index in [1.807, 2.05) is 0 Å². The zero-order valence-electron chi connectivity index (χ0n) is 11.4. The summed E-state index contributed by atoms with van der Waals surface area (Å²) in [6.07, 6.45) is 4.77. The summed E-state index contributed by atoms with van der Waals surface area (Å²) < 4.78 is 0. The molecule has 1 fully saturated rings. The molecule has 1 aromatic carbocycles. The van der Waals surface area contributed by atoms with Crippen LogP contribution in [-0.4, -0.2) is 29.1 Å². The number of carbonyl (C=O) groups is 2. The van der Waals surface area contributed by atoms with Crippen LogP contribution in [0.2, 0.25) is 0 Å². The van der Waals surface area contributed by atoms with Gasteiger partial charge < -0.3 is 16.2 Å². The maximum atomic E-state index is 12.2. The standard InChI is InChI=1S/C15H20N2O3/c16-13(19)11-4-6-12(7-5-11)14(20)17-15(10-18)8-2-1-3-9-15/h4-7,18H,1-3,8-10H2,(H2,16,19)(H,17,20). The second kappa shape index (κ2) is 6.05. The predicted octanol–water partition coefficient (Wildman–Crippen LogP) is 1.21. The first-order valence-corrected chi connectivity index (χ1v) is 6.90. The molecule has 1 aromatic rings. The van der Waals surface area contributed by atoms with Gasteiger partial charge in [-0.3, -0.25) is 9.59 Å². The number of carbonyl (C=O) groups excluding carboxylic acids is 2. The summed E-state index contributed by atoms with van der Waals surface area (Å²) in [6.45, 7) is -0.0435. The largest absolute Gasteiger partial charge is 0.394 e. The van der Waals surface area contributed by atoms with Gasteiger partial charge in [-0.15, -0.1) is 0 Å². The van der Waals surface area contributed by atoms with E-state index in [2.05, 4.69) is 5.32 Å². The molecular weight excluding hydrogens is 256 g/mol. The number of benzene rings is 1. The molecule has 0 spiro atoms. The average Bonchev–Trinajstić information content (AvgIpc) is 2.48. The Morgan fingerprint density at radius 3 is 2.15 bits per heavy atom. The third-order valence-electron chi connectivity index (χ3n) is 3.92. The summed E-state index contributed by atoms with van der Waals surface area (Å²) >= 11 is 0. The highest BCUT2D eigenvalue weighted by Gasteiger charge is 2.33. The highest BCUT2D eigenvalue weighted by Crippen LogP contribution is 2.28. The van der Waals surface area contributed by atoms with Crippen molar-refractivity contribution in [3.05, 3.63) is 35.4 Å². The van der Waals surface area contributed by atoms with Crippen LogP contribution in [0.3, 0.4) is 0 Å². The minimum atomic E-state index is -0.518. The van der Waals surface area contributed by atoms with Crippen LogP contribution in [0.25, 0.3) is 0 Å². The Labute approximate surface area is 118 Å². The lowest BCUT2D eigenvalue weighted by Crippen LogP contribution is -2.52. The topological polar surface area (TPSA) is 92.4 Å². The first-order valence-electron chi connectivity index (χ1n) is 6.90. The number of primary amides is 1. The summed E-state index contributed by atoms with van der Waals surface area (Å²) in [5.74, 6) is -0.743. The fourth-order valence-corrected chi connectivity index (χ4v) is 2.65. The van der Waals surface area contributed by atoms with Crippen molar-refractivity contribution in [2.75, 3.05) is 6.61 Å². The lowest BCUT2D eigenvalue weighted by atomic mass is 9.82. The Kier molecular flexibility index (Phi) is 4.39. The summed E-state index contributed by atoms with van der Waals surface area (Å²) in [7, 11) is 0. The van der Waals surface area contributed by atoms with Gasteiger partial charge in [-0.1, -0.05) is 19.3 Å². The SMILES string of the molecule is NC(=O)c1ccc(C(=O)NC2(CO)CCCCC2)cc1. The van der Waals surface area contributed by atoms with Crippen LogP contribution in [0.4, 0.5) is 0 Å². The fraction of sp³-hybridized carbons (Fsp3) is 0.467. The van der Waals surface area contributed by atoms with Gasteiger partial charge in [0.1, 0.15) is 0 Å². The van der Waals surface area contributed by atoms with Crippen LogP contribution in [0.15, 0.2) is 24.3 Å². The van der Waals surface area contributed by atoms with Gasteiger partial charge in [-0.05, 0) is 37.1 Å². The Morgan fingerprint density at radius 2 is 1.65 bits per heavy atom. The van der Waals surface area contributed by atoms with Crippen LogP contribution in [0, 0.1) is 0 Å². The monoisotopic (exact) mass is 276 g/mol. The molecule has 5 nitrogen and oxygen atoms in total. The summed E-state index contributed by atoms with van der Waals surface area (Å²) in [4.78, 5) is 23.2. The van der Waals surface area contributed by atoms with Crippen molar-refractivity contribution in [1.82, 2.24) is 5.32 Å². The molecule has 0 aromatic heterocycles. The lowest BCUT2D eigenvalue weighted by Gasteiger charge is -2.36. The molecule has 20 heavy (non-hydrogen) atoms. The predicted molar refractivity (Wildman–Crippen MR) is 75.3 cm³/mol. The number of aliphatic hydroxyl groups is 1. The first-order chi connectivity index (χ1) is 9.56. The fourth-order valence-electron chi connectivity index (χ4n) is 2.65. The van der Waals surface area contributed by atoms with Crippen LogP contribution in [0.5, 0.6) is 0 Å². The quantitative estimate of drug-likeness (QED) is 0.771. The second-order valence-corrected chi connectivity index (χ2v) is 5.39. The normalized spacial score (nSPS) is 17.4. The van der Waals surface area contributed by atoms with Crippen molar-refractivity contribution in [2.45, 2.75) is 37.6 Å². The Bertz CT molecular complexity index is 490. The van der Waals surface area contributed by atoms with E-state index < -0.39 is 11.4 Å². The van der Waals surface area contributed by atoms with E-state index >= 15 is 0 Å². The zero-order valence-corrected chi connectivity index (χ0v) is 11.4. The maximum Gasteiger partial charge on any atom is 0.251 e. The van der Waals surface area contributed by atoms with Crippen LogP contribution >= 0.6 is 0 Å². The van der Waals surface area contributed by atoms with E-state index in [0.29, 0.717) is 11.1 Å². The molecule has 0 atom stereocenters. The Balaban J connectivity index is 2.08. The summed E-state index contributed by atoms with van der Waals surface area (Å²) in [6, 6.07) is 6.21. The van der Waals surface area contributed by atoms with E-state index in [1.165, 1.54) is 12.1 Å². The van der Waals surface area contributed by atoms with Crippen molar-refractivity contribution in [2.24, 2.45) is 5.73 Å². The van der Waals surface area contributed by atoms with Gasteiger partial charge in [0.2, 0.25) is 5.91 Å². The molecule has 0 aliphatic heterocycles. The molecule has 2 amide bonds. The lowest BCUT2D eigenvalue weighted by molar-refractivity contribution is 0.0758. The summed E-state index contributed by atoms with van der Waals surface area (Å²) in [5.41, 5.74) is 5.49. The molecule has 0 bridgehead atoms. The maximum absolute atomic E-state index is 12.2. The van der Waals surface area contributed by atoms with Gasteiger partial charge in [-0.25, -0.2) is 0 Å². The molecule has 0 heterocycles. The van der Waals surface area contributed by atoms with Crippen molar-refractivity contribution >= 4 is 11.8 Å². The minimum absolute atomic E-state index is 0.0435. The number of nitrogens with one attached hydrogen (secondary N) is 1. The van der Waals surface area contributed by atoms with Crippen LogP contribution in [-0.2, 0) is 0 Å². The number of aliphatic hydroxyl groups excluding tert-OH is 1. The van der Waals surface area contributed by atoms with Gasteiger partial charge in [0, 0.05) is 11.1 Å². The van der Waals surface area contributed by atoms with Gasteiger partial charge in [0.25, 0.3) is 5.91 Å². The van der Waals surface area contributed by atoms with E-state index in [9.17, 15) is 14.7 Å². The smallest absolute Gasteiger partial charge is 0.251 e. The third-order valence-corrected chi connectivity index (χ3v) is 3.92. The molecule has 5 heteroatoms. The molecular formula is C15H20N2O3. The average molecular weight is 276 g/mol. The van der Waals surface area contributed by atoms with Gasteiger partial charge >= 0.3 is 0 Å². The molecule has 1 aliphatic carbocycles. The Hall–Kier alpha value is -1.88. The molecule has 108 valence electrons. The number of hydrogen-bond donors (Lipinski definition) is 3. The van der Waals surface area contributed by atoms with Crippen molar-refractivity contribution in [3.63, 3.8) is 0 Å². The van der Waals surface area contributed by atoms with Crippen molar-refractivity contribution < 1.29 is 14.7 Å². The first kappa shape index (κ1) is 14.5. The molecule has 1 aliphatic rings. The third kappa shape index (κ3) is 3.17. The molecule has 4 N–H and O–H groups in total. The zero-order chi connectivity index (χ0) is 14.6. The minimum Gasteiger partial charge on any atom is -0.394 e. The van der Waals surface area contributed by atoms with E-state index in [0.717, 1.165) is 32.1 Å². The Morgan fingerprint density at radius 1 is 1.10 bits per heavy atom.